The number of aliphatic hydroxyl groups excluding tert-OH is 2. The van der Waals surface area contributed by atoms with Crippen LogP contribution >= 0.6 is 0 Å². The second-order valence-electron chi connectivity index (χ2n) is 7.58. The lowest BCUT2D eigenvalue weighted by Crippen LogP contribution is -2.36. The van der Waals surface area contributed by atoms with Crippen LogP contribution in [0.5, 0.6) is 0 Å². The molecule has 1 aliphatic heterocycles. The Morgan fingerprint density at radius 1 is 1.28 bits per heavy atom. The van der Waals surface area contributed by atoms with Crippen molar-refractivity contribution in [3.63, 3.8) is 0 Å². The van der Waals surface area contributed by atoms with Gasteiger partial charge in [-0.15, -0.1) is 0 Å². The SMILES string of the molecule is C[C@H](O)c1nccn1Cc1cc(-c2ccc(C#CC3=CCN(C(=O)CO)CC3)cc2)on1. The molecule has 8 nitrogen and oxygen atoms in total. The van der Waals surface area contributed by atoms with E-state index in [1.807, 2.05) is 41.0 Å². The van der Waals surface area contributed by atoms with Crippen molar-refractivity contribution in [1.82, 2.24) is 19.6 Å². The number of imidazole rings is 1. The molecule has 0 saturated carbocycles. The van der Waals surface area contributed by atoms with E-state index in [0.717, 1.165) is 22.4 Å². The summed E-state index contributed by atoms with van der Waals surface area (Å²) in [6, 6.07) is 9.60. The Morgan fingerprint density at radius 3 is 2.78 bits per heavy atom. The molecule has 164 valence electrons. The van der Waals surface area contributed by atoms with Crippen molar-refractivity contribution in [3.8, 4) is 23.2 Å². The minimum absolute atomic E-state index is 0.257. The van der Waals surface area contributed by atoms with Gasteiger partial charge in [-0.05, 0) is 37.6 Å². The molecule has 2 aromatic heterocycles. The Bertz CT molecular complexity index is 1180. The Morgan fingerprint density at radius 2 is 2.09 bits per heavy atom. The number of aliphatic hydroxyl groups is 2. The summed E-state index contributed by atoms with van der Waals surface area (Å²) < 4.78 is 7.33. The highest BCUT2D eigenvalue weighted by atomic mass is 16.5. The van der Waals surface area contributed by atoms with E-state index in [1.54, 1.807) is 24.2 Å². The minimum atomic E-state index is -0.656. The zero-order valence-corrected chi connectivity index (χ0v) is 17.7. The van der Waals surface area contributed by atoms with Crippen molar-refractivity contribution in [2.24, 2.45) is 0 Å². The molecule has 1 aromatic carbocycles. The average molecular weight is 432 g/mol. The zero-order chi connectivity index (χ0) is 22.5. The highest BCUT2D eigenvalue weighted by molar-refractivity contribution is 5.77. The number of benzene rings is 1. The first-order valence-corrected chi connectivity index (χ1v) is 10.4. The molecule has 0 spiro atoms. The molecule has 2 N–H and O–H groups in total. The number of rotatable bonds is 5. The molecular formula is C24H24N4O4. The highest BCUT2D eigenvalue weighted by Gasteiger charge is 2.15. The van der Waals surface area contributed by atoms with Crippen LogP contribution in [0.3, 0.4) is 0 Å². The monoisotopic (exact) mass is 432 g/mol. The third kappa shape index (κ3) is 4.97. The molecule has 0 aliphatic carbocycles. The van der Waals surface area contributed by atoms with Crippen LogP contribution in [0.1, 0.15) is 36.5 Å². The number of hydrogen-bond acceptors (Lipinski definition) is 6. The molecule has 1 atom stereocenters. The van der Waals surface area contributed by atoms with Gasteiger partial charge in [0.15, 0.2) is 5.76 Å². The maximum Gasteiger partial charge on any atom is 0.248 e. The Hall–Kier alpha value is -3.67. The first kappa shape index (κ1) is 21.6. The third-order valence-corrected chi connectivity index (χ3v) is 5.25. The fraction of sp³-hybridized carbons (Fsp3) is 0.292. The van der Waals surface area contributed by atoms with Gasteiger partial charge in [0.2, 0.25) is 5.91 Å². The van der Waals surface area contributed by atoms with Crippen molar-refractivity contribution in [1.29, 1.82) is 0 Å². The molecule has 4 rings (SSSR count). The molecule has 3 heterocycles. The molecule has 1 aliphatic rings. The molecule has 0 saturated heterocycles. The highest BCUT2D eigenvalue weighted by Crippen LogP contribution is 2.22. The van der Waals surface area contributed by atoms with E-state index in [2.05, 4.69) is 22.0 Å². The van der Waals surface area contributed by atoms with E-state index in [1.165, 1.54) is 0 Å². The molecule has 32 heavy (non-hydrogen) atoms. The Labute approximate surface area is 185 Å². The van der Waals surface area contributed by atoms with Crippen molar-refractivity contribution in [3.05, 3.63) is 71.5 Å². The molecule has 8 heteroatoms. The van der Waals surface area contributed by atoms with E-state index < -0.39 is 12.7 Å². The fourth-order valence-corrected chi connectivity index (χ4v) is 3.50. The van der Waals surface area contributed by atoms with E-state index in [0.29, 0.717) is 37.6 Å². The van der Waals surface area contributed by atoms with Gasteiger partial charge in [0.1, 0.15) is 24.2 Å². The lowest BCUT2D eigenvalue weighted by Gasteiger charge is -2.24. The average Bonchev–Trinajstić information content (AvgIpc) is 3.48. The molecular weight excluding hydrogens is 408 g/mol. The number of carbonyl (C=O) groups excluding carboxylic acids is 1. The molecule has 0 fully saturated rings. The van der Waals surface area contributed by atoms with Gasteiger partial charge in [-0.1, -0.05) is 23.1 Å². The molecule has 3 aromatic rings. The van der Waals surface area contributed by atoms with E-state index in [4.69, 9.17) is 9.63 Å². The smallest absolute Gasteiger partial charge is 0.248 e. The van der Waals surface area contributed by atoms with Gasteiger partial charge in [0.25, 0.3) is 0 Å². The van der Waals surface area contributed by atoms with Gasteiger partial charge < -0.3 is 24.2 Å². The second-order valence-corrected chi connectivity index (χ2v) is 7.58. The standard InChI is InChI=1S/C24H24N4O4/c1-17(30)24-25-10-13-28(24)15-21-14-22(32-26-21)20-6-4-18(5-7-20)2-3-19-8-11-27(12-9-19)23(31)16-29/h4-8,10,13-14,17,29-30H,9,11-12,15-16H2,1H3/t17-/m0/s1. The first-order valence-electron chi connectivity index (χ1n) is 10.4. The molecule has 0 radical (unpaired) electrons. The van der Waals surface area contributed by atoms with E-state index >= 15 is 0 Å². The number of aromatic nitrogens is 3. The van der Waals surface area contributed by atoms with Crippen molar-refractivity contribution >= 4 is 5.91 Å². The normalized spacial score (nSPS) is 14.5. The molecule has 0 bridgehead atoms. The Balaban J connectivity index is 1.40. The lowest BCUT2D eigenvalue weighted by molar-refractivity contribution is -0.133. The number of hydrogen-bond donors (Lipinski definition) is 2. The largest absolute Gasteiger partial charge is 0.387 e. The van der Waals surface area contributed by atoms with Crippen LogP contribution in [-0.4, -0.2) is 55.4 Å². The van der Waals surface area contributed by atoms with Crippen molar-refractivity contribution in [2.45, 2.75) is 26.0 Å². The summed E-state index contributed by atoms with van der Waals surface area (Å²) in [6.45, 7) is 2.73. The molecule has 1 amide bonds. The van der Waals surface area contributed by atoms with E-state index in [-0.39, 0.29) is 5.91 Å². The summed E-state index contributed by atoms with van der Waals surface area (Å²) in [5.74, 6) is 7.29. The predicted octanol–water partition coefficient (Wildman–Crippen LogP) is 2.14. The van der Waals surface area contributed by atoms with Gasteiger partial charge in [0.05, 0.1) is 6.54 Å². The number of carbonyl (C=O) groups is 1. The summed E-state index contributed by atoms with van der Waals surface area (Å²) in [4.78, 5) is 17.3. The zero-order valence-electron chi connectivity index (χ0n) is 17.7. The third-order valence-electron chi connectivity index (χ3n) is 5.25. The lowest BCUT2D eigenvalue weighted by atomic mass is 10.1. The van der Waals surface area contributed by atoms with Gasteiger partial charge in [0, 0.05) is 48.2 Å². The maximum absolute atomic E-state index is 11.5. The summed E-state index contributed by atoms with van der Waals surface area (Å²) >= 11 is 0. The maximum atomic E-state index is 11.5. The van der Waals surface area contributed by atoms with Crippen molar-refractivity contribution in [2.75, 3.05) is 19.7 Å². The van der Waals surface area contributed by atoms with Crippen LogP contribution in [0, 0.1) is 11.8 Å². The first-order chi connectivity index (χ1) is 15.5. The molecule has 0 unspecified atom stereocenters. The van der Waals surface area contributed by atoms with Gasteiger partial charge in [-0.2, -0.15) is 0 Å². The fourth-order valence-electron chi connectivity index (χ4n) is 3.50. The van der Waals surface area contributed by atoms with Crippen LogP contribution in [-0.2, 0) is 11.3 Å². The summed E-state index contributed by atoms with van der Waals surface area (Å²) in [7, 11) is 0. The van der Waals surface area contributed by atoms with Gasteiger partial charge in [-0.3, -0.25) is 4.79 Å². The van der Waals surface area contributed by atoms with Crippen LogP contribution in [0.25, 0.3) is 11.3 Å². The minimum Gasteiger partial charge on any atom is -0.387 e. The topological polar surface area (TPSA) is 105 Å². The van der Waals surface area contributed by atoms with Crippen LogP contribution in [0.4, 0.5) is 0 Å². The van der Waals surface area contributed by atoms with Crippen LogP contribution in [0.2, 0.25) is 0 Å². The summed E-state index contributed by atoms with van der Waals surface area (Å²) in [5.41, 5.74) is 3.50. The van der Waals surface area contributed by atoms with Crippen LogP contribution in [0.15, 0.2) is 58.9 Å². The summed E-state index contributed by atoms with van der Waals surface area (Å²) in [6.07, 6.45) is 5.41. The summed E-state index contributed by atoms with van der Waals surface area (Å²) in [5, 5.41) is 22.8. The second kappa shape index (κ2) is 9.64. The number of nitrogens with zero attached hydrogens (tertiary/aromatic N) is 4. The Kier molecular flexibility index (Phi) is 6.50. The van der Waals surface area contributed by atoms with Gasteiger partial charge >= 0.3 is 0 Å². The van der Waals surface area contributed by atoms with Crippen molar-refractivity contribution < 1.29 is 19.5 Å². The van der Waals surface area contributed by atoms with Gasteiger partial charge in [-0.25, -0.2) is 4.98 Å². The predicted molar refractivity (Wildman–Crippen MR) is 117 cm³/mol. The van der Waals surface area contributed by atoms with E-state index in [9.17, 15) is 9.90 Å². The quantitative estimate of drug-likeness (QED) is 0.599. The van der Waals surface area contributed by atoms with Crippen LogP contribution < -0.4 is 0 Å². The number of amides is 1.